The summed E-state index contributed by atoms with van der Waals surface area (Å²) in [6, 6.07) is 11.3. The molecule has 0 radical (unpaired) electrons. The maximum absolute atomic E-state index is 12.8. The molecule has 0 bridgehead atoms. The van der Waals surface area contributed by atoms with Gasteiger partial charge in [0, 0.05) is 12.6 Å². The van der Waals surface area contributed by atoms with Crippen molar-refractivity contribution in [3.05, 3.63) is 57.8 Å². The number of rotatable bonds is 8. The van der Waals surface area contributed by atoms with Crippen molar-refractivity contribution >= 4 is 17.2 Å². The molecule has 1 amide bonds. The van der Waals surface area contributed by atoms with E-state index in [4.69, 9.17) is 4.74 Å². The Kier molecular flexibility index (Phi) is 5.29. The van der Waals surface area contributed by atoms with E-state index in [1.807, 2.05) is 30.5 Å². The van der Waals surface area contributed by atoms with E-state index < -0.39 is 0 Å². The lowest BCUT2D eigenvalue weighted by atomic mass is 10.2. The van der Waals surface area contributed by atoms with E-state index in [0.29, 0.717) is 31.0 Å². The van der Waals surface area contributed by atoms with Gasteiger partial charge in [0.15, 0.2) is 5.82 Å². The molecule has 1 aliphatic rings. The van der Waals surface area contributed by atoms with E-state index in [1.54, 1.807) is 34.1 Å². The molecule has 7 nitrogen and oxygen atoms in total. The zero-order valence-corrected chi connectivity index (χ0v) is 16.4. The van der Waals surface area contributed by atoms with Crippen molar-refractivity contribution in [3.8, 4) is 16.5 Å². The Morgan fingerprint density at radius 3 is 2.82 bits per heavy atom. The molecule has 146 valence electrons. The first-order valence-electron chi connectivity index (χ1n) is 9.42. The van der Waals surface area contributed by atoms with Gasteiger partial charge in [0.2, 0.25) is 0 Å². The van der Waals surface area contributed by atoms with Crippen LogP contribution < -0.4 is 15.7 Å². The summed E-state index contributed by atoms with van der Waals surface area (Å²) in [5.74, 6) is 1.05. The number of amides is 1. The second kappa shape index (κ2) is 8.02. The lowest BCUT2D eigenvalue weighted by Crippen LogP contribution is -2.32. The number of ether oxygens (including phenoxy) is 1. The van der Waals surface area contributed by atoms with Crippen LogP contribution in [-0.4, -0.2) is 33.4 Å². The minimum Gasteiger partial charge on any atom is -0.493 e. The summed E-state index contributed by atoms with van der Waals surface area (Å²) in [6.07, 6.45) is 2.02. The fourth-order valence-corrected chi connectivity index (χ4v) is 3.81. The third-order valence-corrected chi connectivity index (χ3v) is 5.43. The van der Waals surface area contributed by atoms with E-state index in [9.17, 15) is 9.59 Å². The maximum atomic E-state index is 12.8. The van der Waals surface area contributed by atoms with Gasteiger partial charge >= 0.3 is 5.69 Å². The Hall–Kier alpha value is -2.87. The molecule has 2 aromatic heterocycles. The third kappa shape index (κ3) is 3.73. The summed E-state index contributed by atoms with van der Waals surface area (Å²) < 4.78 is 8.74. The standard InChI is InChI=1S/C20H22N4O3S/c1-2-27-16-7-4-3-6-15(16)19(25)21-11-12-23-20(26)24(14-9-10-14)18(22-23)17-8-5-13-28-17/h3-8,13-14H,2,9-12H2,1H3,(H,21,25). The average Bonchev–Trinajstić information content (AvgIpc) is 3.27. The molecule has 1 aliphatic carbocycles. The predicted octanol–water partition coefficient (Wildman–Crippen LogP) is 2.94. The quantitative estimate of drug-likeness (QED) is 0.633. The number of hydrogen-bond donors (Lipinski definition) is 1. The van der Waals surface area contributed by atoms with Gasteiger partial charge in [-0.2, -0.15) is 0 Å². The van der Waals surface area contributed by atoms with Crippen LogP contribution in [0.2, 0.25) is 0 Å². The second-order valence-corrected chi connectivity index (χ2v) is 7.54. The van der Waals surface area contributed by atoms with E-state index in [2.05, 4.69) is 10.4 Å². The van der Waals surface area contributed by atoms with Crippen LogP contribution in [0.5, 0.6) is 5.75 Å². The maximum Gasteiger partial charge on any atom is 0.346 e. The lowest BCUT2D eigenvalue weighted by Gasteiger charge is -2.10. The highest BCUT2D eigenvalue weighted by Gasteiger charge is 2.30. The number of carbonyl (C=O) groups excluding carboxylic acids is 1. The van der Waals surface area contributed by atoms with Crippen molar-refractivity contribution in [1.29, 1.82) is 0 Å². The number of carbonyl (C=O) groups is 1. The minimum atomic E-state index is -0.225. The number of nitrogens with zero attached hydrogens (tertiary/aromatic N) is 3. The SMILES string of the molecule is CCOc1ccccc1C(=O)NCCn1nc(-c2cccs2)n(C2CC2)c1=O. The number of aromatic nitrogens is 3. The molecular weight excluding hydrogens is 376 g/mol. The molecule has 8 heteroatoms. The Bertz CT molecular complexity index is 1020. The zero-order valence-electron chi connectivity index (χ0n) is 15.6. The Labute approximate surface area is 166 Å². The fraction of sp³-hybridized carbons (Fsp3) is 0.350. The van der Waals surface area contributed by atoms with Crippen LogP contribution in [0.3, 0.4) is 0 Å². The molecule has 28 heavy (non-hydrogen) atoms. The summed E-state index contributed by atoms with van der Waals surface area (Å²) in [4.78, 5) is 26.3. The molecule has 0 saturated heterocycles. The van der Waals surface area contributed by atoms with E-state index in [0.717, 1.165) is 23.5 Å². The van der Waals surface area contributed by atoms with Crippen molar-refractivity contribution in [2.24, 2.45) is 0 Å². The van der Waals surface area contributed by atoms with Crippen LogP contribution in [0.4, 0.5) is 0 Å². The molecule has 0 spiro atoms. The van der Waals surface area contributed by atoms with Crippen LogP contribution in [-0.2, 0) is 6.54 Å². The molecule has 1 N–H and O–H groups in total. The van der Waals surface area contributed by atoms with Crippen molar-refractivity contribution in [3.63, 3.8) is 0 Å². The largest absolute Gasteiger partial charge is 0.493 e. The average molecular weight is 398 g/mol. The second-order valence-electron chi connectivity index (χ2n) is 6.59. The number of para-hydroxylation sites is 1. The van der Waals surface area contributed by atoms with Gasteiger partial charge in [-0.25, -0.2) is 9.48 Å². The van der Waals surface area contributed by atoms with Gasteiger partial charge in [-0.15, -0.1) is 16.4 Å². The highest BCUT2D eigenvalue weighted by Crippen LogP contribution is 2.37. The summed E-state index contributed by atoms with van der Waals surface area (Å²) in [5, 5.41) is 9.37. The van der Waals surface area contributed by atoms with Gasteiger partial charge in [0.1, 0.15) is 5.75 Å². The van der Waals surface area contributed by atoms with Crippen LogP contribution in [0.15, 0.2) is 46.6 Å². The molecular formula is C20H22N4O3S. The first-order chi connectivity index (χ1) is 13.7. The van der Waals surface area contributed by atoms with Crippen molar-refractivity contribution in [1.82, 2.24) is 19.7 Å². The summed E-state index contributed by atoms with van der Waals surface area (Å²) in [7, 11) is 0. The van der Waals surface area contributed by atoms with E-state index in [-0.39, 0.29) is 17.6 Å². The molecule has 0 unspecified atom stereocenters. The van der Waals surface area contributed by atoms with E-state index >= 15 is 0 Å². The highest BCUT2D eigenvalue weighted by molar-refractivity contribution is 7.13. The molecule has 1 aromatic carbocycles. The predicted molar refractivity (Wildman–Crippen MR) is 108 cm³/mol. The monoisotopic (exact) mass is 398 g/mol. The van der Waals surface area contributed by atoms with Gasteiger partial charge in [-0.05, 0) is 43.3 Å². The fourth-order valence-electron chi connectivity index (χ4n) is 3.11. The Balaban J connectivity index is 1.47. The summed E-state index contributed by atoms with van der Waals surface area (Å²) in [6.45, 7) is 3.00. The topological polar surface area (TPSA) is 78.2 Å². The van der Waals surface area contributed by atoms with Gasteiger partial charge < -0.3 is 10.1 Å². The van der Waals surface area contributed by atoms with Crippen LogP contribution in [0.1, 0.15) is 36.2 Å². The van der Waals surface area contributed by atoms with Gasteiger partial charge in [-0.3, -0.25) is 9.36 Å². The molecule has 2 heterocycles. The van der Waals surface area contributed by atoms with Gasteiger partial charge in [0.25, 0.3) is 5.91 Å². The Morgan fingerprint density at radius 2 is 2.11 bits per heavy atom. The molecule has 1 fully saturated rings. The Morgan fingerprint density at radius 1 is 1.29 bits per heavy atom. The smallest absolute Gasteiger partial charge is 0.346 e. The van der Waals surface area contributed by atoms with Gasteiger partial charge in [0.05, 0.1) is 23.6 Å². The lowest BCUT2D eigenvalue weighted by molar-refractivity contribution is 0.0948. The highest BCUT2D eigenvalue weighted by atomic mass is 32.1. The van der Waals surface area contributed by atoms with Crippen LogP contribution in [0.25, 0.3) is 10.7 Å². The first kappa shape index (κ1) is 18.5. The number of hydrogen-bond acceptors (Lipinski definition) is 5. The first-order valence-corrected chi connectivity index (χ1v) is 10.3. The van der Waals surface area contributed by atoms with Gasteiger partial charge in [-0.1, -0.05) is 18.2 Å². The molecule has 0 aliphatic heterocycles. The molecule has 0 atom stereocenters. The molecule has 4 rings (SSSR count). The van der Waals surface area contributed by atoms with Crippen molar-refractivity contribution in [2.75, 3.05) is 13.2 Å². The van der Waals surface area contributed by atoms with Crippen LogP contribution >= 0.6 is 11.3 Å². The summed E-state index contributed by atoms with van der Waals surface area (Å²) in [5.41, 5.74) is 0.370. The number of thiophene rings is 1. The van der Waals surface area contributed by atoms with Crippen molar-refractivity contribution < 1.29 is 9.53 Å². The molecule has 3 aromatic rings. The normalized spacial score (nSPS) is 13.5. The third-order valence-electron chi connectivity index (χ3n) is 4.56. The number of nitrogens with one attached hydrogen (secondary N) is 1. The molecule has 1 saturated carbocycles. The van der Waals surface area contributed by atoms with Crippen LogP contribution in [0, 0.1) is 0 Å². The zero-order chi connectivity index (χ0) is 19.5. The van der Waals surface area contributed by atoms with E-state index in [1.165, 1.54) is 4.68 Å². The minimum absolute atomic E-state index is 0.116. The summed E-state index contributed by atoms with van der Waals surface area (Å²) >= 11 is 1.57. The van der Waals surface area contributed by atoms with Crippen molar-refractivity contribution in [2.45, 2.75) is 32.4 Å². The number of benzene rings is 1.